The number of hydrogen-bond acceptors (Lipinski definition) is 1. The first-order valence-corrected chi connectivity index (χ1v) is 4.28. The van der Waals surface area contributed by atoms with Crippen molar-refractivity contribution in [2.24, 2.45) is 17.7 Å². The lowest BCUT2D eigenvalue weighted by Gasteiger charge is -2.27. The highest BCUT2D eigenvalue weighted by atomic mass is 16.1. The highest BCUT2D eigenvalue weighted by Crippen LogP contribution is 2.29. The molecule has 0 aromatic carbocycles. The summed E-state index contributed by atoms with van der Waals surface area (Å²) in [6.45, 7) is 5.38. The second-order valence-electron chi connectivity index (χ2n) is 3.59. The summed E-state index contributed by atoms with van der Waals surface area (Å²) in [4.78, 5) is 11.9. The monoisotopic (exact) mass is 157 g/mol. The molecule has 1 rings (SSSR count). The maximum atomic E-state index is 11.9. The molecule has 0 aromatic heterocycles. The van der Waals surface area contributed by atoms with E-state index >= 15 is 0 Å². The summed E-state index contributed by atoms with van der Waals surface area (Å²) in [7, 11) is 0. The van der Waals surface area contributed by atoms with Crippen LogP contribution in [0.1, 0.15) is 44.1 Å². The fourth-order valence-corrected chi connectivity index (χ4v) is 1.43. The van der Waals surface area contributed by atoms with Gasteiger partial charge in [-0.15, -0.1) is 0 Å². The van der Waals surface area contributed by atoms with Gasteiger partial charge in [0.2, 0.25) is 0 Å². The van der Waals surface area contributed by atoms with Gasteiger partial charge in [0.15, 0.2) is 0 Å². The molecule has 1 aliphatic carbocycles. The molecule has 64 valence electrons. The van der Waals surface area contributed by atoms with Crippen molar-refractivity contribution in [1.29, 1.82) is 0 Å². The van der Waals surface area contributed by atoms with Crippen LogP contribution < -0.4 is 0 Å². The van der Waals surface area contributed by atoms with Gasteiger partial charge < -0.3 is 0 Å². The Labute approximate surface area is 73.4 Å². The first-order chi connectivity index (χ1) is 6.23. The molecule has 0 N–H and O–H groups in total. The van der Waals surface area contributed by atoms with Crippen LogP contribution in [0, 0.1) is 17.7 Å². The van der Waals surface area contributed by atoms with Gasteiger partial charge in [0, 0.05) is 16.4 Å². The van der Waals surface area contributed by atoms with E-state index < -0.39 is 18.1 Å². The van der Waals surface area contributed by atoms with Crippen molar-refractivity contribution in [3.63, 3.8) is 0 Å². The molecule has 0 spiro atoms. The van der Waals surface area contributed by atoms with Crippen LogP contribution in [0.3, 0.4) is 0 Å². The SMILES string of the molecule is [2H]C1(C(C)C)CC[C@@H](C)C([2H])([2H])C1=O. The van der Waals surface area contributed by atoms with Crippen LogP contribution in [0.5, 0.6) is 0 Å². The molecule has 0 heterocycles. The normalized spacial score (nSPS) is 48.2. The lowest BCUT2D eigenvalue weighted by molar-refractivity contribution is -0.127. The van der Waals surface area contributed by atoms with Gasteiger partial charge in [0.05, 0.1) is 0 Å². The molecule has 1 heteroatoms. The molecule has 0 amide bonds. The van der Waals surface area contributed by atoms with E-state index in [2.05, 4.69) is 0 Å². The van der Waals surface area contributed by atoms with E-state index in [1.165, 1.54) is 0 Å². The number of hydrogen-bond donors (Lipinski definition) is 0. The quantitative estimate of drug-likeness (QED) is 0.572. The maximum Gasteiger partial charge on any atom is 0.136 e. The average Bonchev–Trinajstić information content (AvgIpc) is 2.09. The van der Waals surface area contributed by atoms with E-state index in [1.807, 2.05) is 13.8 Å². The lowest BCUT2D eigenvalue weighted by atomic mass is 9.77. The van der Waals surface area contributed by atoms with Crippen molar-refractivity contribution in [3.05, 3.63) is 0 Å². The molecule has 0 bridgehead atoms. The number of carbonyl (C=O) groups excluding carboxylic acids is 1. The minimum absolute atomic E-state index is 0.113. The van der Waals surface area contributed by atoms with Gasteiger partial charge in [-0.1, -0.05) is 20.8 Å². The summed E-state index contributed by atoms with van der Waals surface area (Å²) in [5, 5.41) is 0. The molecular formula is C10H18O. The van der Waals surface area contributed by atoms with Gasteiger partial charge in [-0.25, -0.2) is 0 Å². The zero-order valence-electron chi connectivity index (χ0n) is 10.5. The van der Waals surface area contributed by atoms with Gasteiger partial charge in [0.1, 0.15) is 5.78 Å². The van der Waals surface area contributed by atoms with Crippen LogP contribution in [0.25, 0.3) is 0 Å². The summed E-state index contributed by atoms with van der Waals surface area (Å²) >= 11 is 0. The number of Topliss-reactive ketones (excluding diaryl/α,β-unsaturated/α-hetero) is 1. The van der Waals surface area contributed by atoms with Gasteiger partial charge in [-0.3, -0.25) is 4.79 Å². The molecule has 1 fully saturated rings. The van der Waals surface area contributed by atoms with Crippen LogP contribution >= 0.6 is 0 Å². The summed E-state index contributed by atoms with van der Waals surface area (Å²) in [6, 6.07) is 0. The third-order valence-corrected chi connectivity index (χ3v) is 2.21. The molecule has 11 heavy (non-hydrogen) atoms. The topological polar surface area (TPSA) is 17.1 Å². The minimum atomic E-state index is -1.82. The molecule has 2 atom stereocenters. The zero-order valence-corrected chi connectivity index (χ0v) is 7.48. The number of carbonyl (C=O) groups is 1. The Morgan fingerprint density at radius 1 is 1.64 bits per heavy atom. The van der Waals surface area contributed by atoms with Crippen molar-refractivity contribution < 1.29 is 8.91 Å². The molecule has 1 saturated carbocycles. The fraction of sp³-hybridized carbons (Fsp3) is 0.900. The van der Waals surface area contributed by atoms with Gasteiger partial charge >= 0.3 is 0 Å². The third-order valence-electron chi connectivity index (χ3n) is 2.21. The van der Waals surface area contributed by atoms with Crippen LogP contribution in [-0.2, 0) is 4.79 Å². The Balaban J connectivity index is 3.02. The number of ketones is 1. The Kier molecular flexibility index (Phi) is 1.64. The molecule has 1 unspecified atom stereocenters. The largest absolute Gasteiger partial charge is 0.299 e. The second-order valence-corrected chi connectivity index (χ2v) is 3.59. The van der Waals surface area contributed by atoms with Crippen molar-refractivity contribution in [2.45, 2.75) is 40.0 Å². The van der Waals surface area contributed by atoms with Gasteiger partial charge in [0.25, 0.3) is 0 Å². The Morgan fingerprint density at radius 3 is 2.82 bits per heavy atom. The Morgan fingerprint density at radius 2 is 2.27 bits per heavy atom. The van der Waals surface area contributed by atoms with E-state index in [-0.39, 0.29) is 11.8 Å². The Hall–Kier alpha value is -0.330. The summed E-state index contributed by atoms with van der Waals surface area (Å²) < 4.78 is 23.4. The second kappa shape index (κ2) is 3.38. The van der Waals surface area contributed by atoms with Crippen LogP contribution in [0.15, 0.2) is 0 Å². The predicted molar refractivity (Wildman–Crippen MR) is 46.4 cm³/mol. The number of rotatable bonds is 1. The molecule has 0 aliphatic heterocycles. The summed E-state index contributed by atoms with van der Waals surface area (Å²) in [6.07, 6.45) is -0.700. The molecule has 0 aromatic rings. The summed E-state index contributed by atoms with van der Waals surface area (Å²) in [5.74, 6) is -2.11. The highest BCUT2D eigenvalue weighted by molar-refractivity contribution is 5.82. The maximum absolute atomic E-state index is 11.9. The lowest BCUT2D eigenvalue weighted by Crippen LogP contribution is -2.27. The van der Waals surface area contributed by atoms with Crippen LogP contribution in [0.4, 0.5) is 0 Å². The smallest absolute Gasteiger partial charge is 0.136 e. The van der Waals surface area contributed by atoms with Crippen molar-refractivity contribution in [2.75, 3.05) is 0 Å². The van der Waals surface area contributed by atoms with Crippen LogP contribution in [0.2, 0.25) is 0 Å². The van der Waals surface area contributed by atoms with Crippen molar-refractivity contribution >= 4 is 5.78 Å². The van der Waals surface area contributed by atoms with E-state index in [9.17, 15) is 4.79 Å². The third kappa shape index (κ3) is 2.05. The van der Waals surface area contributed by atoms with E-state index in [0.717, 1.165) is 0 Å². The molecule has 1 nitrogen and oxygen atoms in total. The molecule has 0 saturated heterocycles. The molecule has 0 radical (unpaired) electrons. The van der Waals surface area contributed by atoms with E-state index in [0.29, 0.717) is 12.8 Å². The first kappa shape index (κ1) is 5.34. The molecular weight excluding hydrogens is 136 g/mol. The highest BCUT2D eigenvalue weighted by Gasteiger charge is 2.27. The predicted octanol–water partition coefficient (Wildman–Crippen LogP) is 2.65. The average molecular weight is 157 g/mol. The minimum Gasteiger partial charge on any atom is -0.299 e. The first-order valence-electron chi connectivity index (χ1n) is 5.78. The zero-order chi connectivity index (χ0) is 11.1. The van der Waals surface area contributed by atoms with Crippen molar-refractivity contribution in [3.8, 4) is 0 Å². The van der Waals surface area contributed by atoms with Crippen LogP contribution in [-0.4, -0.2) is 5.78 Å². The molecule has 1 aliphatic rings. The van der Waals surface area contributed by atoms with E-state index in [4.69, 9.17) is 4.11 Å². The van der Waals surface area contributed by atoms with Gasteiger partial charge in [-0.05, 0) is 24.7 Å². The van der Waals surface area contributed by atoms with Crippen molar-refractivity contribution in [1.82, 2.24) is 0 Å². The summed E-state index contributed by atoms with van der Waals surface area (Å²) in [5.41, 5.74) is 0. The van der Waals surface area contributed by atoms with E-state index in [1.54, 1.807) is 6.92 Å². The standard InChI is InChI=1S/C10H18O/c1-7(2)9-5-4-8(3)6-10(9)11/h7-9H,4-6H2,1-3H3/t8-,9?/m1/s1/i6D2,9D. The van der Waals surface area contributed by atoms with Gasteiger partial charge in [-0.2, -0.15) is 0 Å². The Bertz CT molecular complexity index is 250. The fourth-order valence-electron chi connectivity index (χ4n) is 1.43.